The number of fused-ring (bicyclic) bond motifs is 1. The van der Waals surface area contributed by atoms with Gasteiger partial charge in [-0.2, -0.15) is 13.2 Å². The summed E-state index contributed by atoms with van der Waals surface area (Å²) in [6.45, 7) is 2.88. The molecule has 2 amide bonds. The van der Waals surface area contributed by atoms with E-state index >= 15 is 0 Å². The zero-order chi connectivity index (χ0) is 32.1. The van der Waals surface area contributed by atoms with Crippen LogP contribution in [0.1, 0.15) is 23.1 Å². The Hall–Kier alpha value is -4.34. The molecule has 17 heteroatoms. The summed E-state index contributed by atoms with van der Waals surface area (Å²) in [4.78, 5) is 48.5. The summed E-state index contributed by atoms with van der Waals surface area (Å²) in [5.74, 6) is -3.33. The van der Waals surface area contributed by atoms with Gasteiger partial charge in [0, 0.05) is 31.4 Å². The minimum absolute atomic E-state index is 0.00522. The lowest BCUT2D eigenvalue weighted by molar-refractivity contribution is -0.147. The Balaban J connectivity index is 1.59. The summed E-state index contributed by atoms with van der Waals surface area (Å²) in [7, 11) is 0.905. The van der Waals surface area contributed by atoms with Crippen LogP contribution in [0.15, 0.2) is 35.4 Å². The highest BCUT2D eigenvalue weighted by atomic mass is 35.5. The van der Waals surface area contributed by atoms with Crippen molar-refractivity contribution in [2.24, 2.45) is 12.8 Å². The number of aromatic hydroxyl groups is 1. The van der Waals surface area contributed by atoms with Gasteiger partial charge in [-0.25, -0.2) is 9.97 Å². The van der Waals surface area contributed by atoms with Crippen LogP contribution in [-0.4, -0.2) is 61.8 Å². The molecule has 44 heavy (non-hydrogen) atoms. The molecule has 1 aliphatic rings. The lowest BCUT2D eigenvalue weighted by Gasteiger charge is -2.34. The highest BCUT2D eigenvalue weighted by molar-refractivity contribution is 6.34. The van der Waals surface area contributed by atoms with Crippen LogP contribution in [0, 0.1) is 0 Å². The summed E-state index contributed by atoms with van der Waals surface area (Å²) in [6, 6.07) is 3.90. The molecule has 12 nitrogen and oxygen atoms in total. The molecule has 4 heterocycles. The third-order valence-corrected chi connectivity index (χ3v) is 7.67. The number of aromatic nitrogens is 4. The highest BCUT2D eigenvalue weighted by Gasteiger charge is 2.37. The monoisotopic (exact) mass is 653 g/mol. The largest absolute Gasteiger partial charge is 0.506 e. The number of primary amides is 1. The van der Waals surface area contributed by atoms with Gasteiger partial charge < -0.3 is 30.4 Å². The molecule has 1 saturated heterocycles. The first kappa shape index (κ1) is 31.1. The Bertz CT molecular complexity index is 1880. The molecule has 1 aliphatic heterocycles. The zero-order valence-corrected chi connectivity index (χ0v) is 24.6. The molecule has 4 aromatic rings. The van der Waals surface area contributed by atoms with Gasteiger partial charge in [-0.3, -0.25) is 19.0 Å². The molecule has 1 atom stereocenters. The van der Waals surface area contributed by atoms with Gasteiger partial charge in [0.2, 0.25) is 11.7 Å². The van der Waals surface area contributed by atoms with Crippen LogP contribution in [-0.2, 0) is 29.3 Å². The van der Waals surface area contributed by atoms with Gasteiger partial charge >= 0.3 is 6.18 Å². The van der Waals surface area contributed by atoms with E-state index in [0.29, 0.717) is 30.1 Å². The topological polar surface area (TPSA) is 158 Å². The first-order valence-corrected chi connectivity index (χ1v) is 13.7. The predicted molar refractivity (Wildman–Crippen MR) is 156 cm³/mol. The number of anilines is 2. The molecular weight excluding hydrogens is 630 g/mol. The summed E-state index contributed by atoms with van der Waals surface area (Å²) in [6.07, 6.45) is -2.41. The summed E-state index contributed by atoms with van der Waals surface area (Å²) in [5.41, 5.74) is 3.67. The minimum atomic E-state index is -5.00. The van der Waals surface area contributed by atoms with Crippen molar-refractivity contribution in [3.05, 3.63) is 62.4 Å². The quantitative estimate of drug-likeness (QED) is 0.284. The maximum atomic E-state index is 13.8. The normalized spacial score (nSPS) is 15.5. The third kappa shape index (κ3) is 5.77. The molecule has 0 unspecified atom stereocenters. The second-order valence-corrected chi connectivity index (χ2v) is 10.9. The van der Waals surface area contributed by atoms with E-state index in [1.54, 1.807) is 6.07 Å². The summed E-state index contributed by atoms with van der Waals surface area (Å²) < 4.78 is 48.3. The van der Waals surface area contributed by atoms with E-state index in [1.807, 2.05) is 11.8 Å². The van der Waals surface area contributed by atoms with Crippen LogP contribution >= 0.6 is 23.2 Å². The number of amides is 2. The van der Waals surface area contributed by atoms with Crippen LogP contribution in [0.5, 0.6) is 5.75 Å². The van der Waals surface area contributed by atoms with Crippen molar-refractivity contribution in [3.63, 3.8) is 0 Å². The van der Waals surface area contributed by atoms with Crippen LogP contribution in [0.2, 0.25) is 10.0 Å². The van der Waals surface area contributed by atoms with Gasteiger partial charge in [0.15, 0.2) is 0 Å². The van der Waals surface area contributed by atoms with Gasteiger partial charge in [-0.05, 0) is 24.6 Å². The van der Waals surface area contributed by atoms with E-state index in [2.05, 4.69) is 15.3 Å². The summed E-state index contributed by atoms with van der Waals surface area (Å²) >= 11 is 12.4. The van der Waals surface area contributed by atoms with Gasteiger partial charge in [0.1, 0.15) is 23.8 Å². The number of hydrogen-bond acceptors (Lipinski definition) is 8. The number of nitrogens with one attached hydrogen (secondary N) is 1. The van der Waals surface area contributed by atoms with Gasteiger partial charge in [0.25, 0.3) is 11.5 Å². The number of nitrogens with zero attached hydrogens (tertiary/aromatic N) is 5. The molecule has 5 rings (SSSR count). The van der Waals surface area contributed by atoms with Crippen LogP contribution in [0.25, 0.3) is 22.2 Å². The van der Waals surface area contributed by atoms with Crippen molar-refractivity contribution < 1.29 is 32.6 Å². The zero-order valence-electron chi connectivity index (χ0n) is 23.1. The number of morpholine rings is 1. The van der Waals surface area contributed by atoms with Crippen molar-refractivity contribution in [1.29, 1.82) is 0 Å². The van der Waals surface area contributed by atoms with Crippen LogP contribution in [0.4, 0.5) is 24.7 Å². The average molecular weight is 654 g/mol. The Morgan fingerprint density at radius 1 is 1.23 bits per heavy atom. The van der Waals surface area contributed by atoms with Gasteiger partial charge in [-0.1, -0.05) is 23.2 Å². The molecule has 0 spiro atoms. The Kier molecular flexibility index (Phi) is 8.22. The number of benzene rings is 1. The molecule has 0 bridgehead atoms. The molecule has 4 N–H and O–H groups in total. The smallest absolute Gasteiger partial charge is 0.449 e. The number of pyridine rings is 1. The molecule has 232 valence electrons. The number of carbonyl (C=O) groups excluding carboxylic acids is 2. The van der Waals surface area contributed by atoms with Crippen molar-refractivity contribution in [1.82, 2.24) is 19.1 Å². The van der Waals surface area contributed by atoms with Gasteiger partial charge in [0.05, 0.1) is 52.1 Å². The van der Waals surface area contributed by atoms with Crippen LogP contribution < -0.4 is 21.5 Å². The van der Waals surface area contributed by atoms with E-state index in [0.717, 1.165) is 17.7 Å². The fourth-order valence-electron chi connectivity index (χ4n) is 4.94. The maximum absolute atomic E-state index is 13.8. The predicted octanol–water partition coefficient (Wildman–Crippen LogP) is 3.79. The second-order valence-electron chi connectivity index (χ2n) is 10.1. The lowest BCUT2D eigenvalue weighted by atomic mass is 10.0. The molecule has 1 fully saturated rings. The Morgan fingerprint density at radius 3 is 2.61 bits per heavy atom. The SMILES string of the molecule is C[C@H]1COCCN1c1cc(NC(=O)Cn2cc(-c3cc(Cl)c(O)c(C(N)=O)c3)c3c(=O)n(C)c(C(F)(F)F)nc32)c(Cl)cn1. The number of halogens is 5. The maximum Gasteiger partial charge on any atom is 0.449 e. The van der Waals surface area contributed by atoms with E-state index in [1.165, 1.54) is 18.5 Å². The lowest BCUT2D eigenvalue weighted by Crippen LogP contribution is -2.44. The van der Waals surface area contributed by atoms with E-state index in [-0.39, 0.29) is 43.9 Å². The van der Waals surface area contributed by atoms with Crippen LogP contribution in [0.3, 0.4) is 0 Å². The van der Waals surface area contributed by atoms with E-state index in [4.69, 9.17) is 33.7 Å². The van der Waals surface area contributed by atoms with Crippen molar-refractivity contribution in [2.75, 3.05) is 30.0 Å². The van der Waals surface area contributed by atoms with E-state index < -0.39 is 47.3 Å². The number of carbonyl (C=O) groups is 2. The minimum Gasteiger partial charge on any atom is -0.506 e. The number of alkyl halides is 3. The average Bonchev–Trinajstić information content (AvgIpc) is 3.31. The Morgan fingerprint density at radius 2 is 1.95 bits per heavy atom. The first-order chi connectivity index (χ1) is 20.7. The van der Waals surface area contributed by atoms with Gasteiger partial charge in [-0.15, -0.1) is 0 Å². The number of phenols is 1. The van der Waals surface area contributed by atoms with E-state index in [9.17, 15) is 32.7 Å². The third-order valence-electron chi connectivity index (χ3n) is 7.08. The van der Waals surface area contributed by atoms with Crippen molar-refractivity contribution >= 4 is 57.6 Å². The number of hydrogen-bond donors (Lipinski definition) is 3. The number of ether oxygens (including phenoxy) is 1. The number of rotatable bonds is 6. The molecular formula is C27H24Cl2F3N7O5. The van der Waals surface area contributed by atoms with Crippen molar-refractivity contribution in [3.8, 4) is 16.9 Å². The molecule has 1 aromatic carbocycles. The standard InChI is InChI=1S/C27H24Cl2F3N7O5/c1-12-11-44-4-3-39(12)19-7-18(17(29)8-34-19)35-20(40)10-38-9-15(13-5-14(23(33)42)22(41)16(28)6-13)21-24(38)36-26(27(30,31)32)37(2)25(21)43/h5-9,12,41H,3-4,10-11H2,1-2H3,(H2,33,42)(H,34,35,40)/t12-/m0/s1. The highest BCUT2D eigenvalue weighted by Crippen LogP contribution is 2.37. The second kappa shape index (κ2) is 11.6. The summed E-state index contributed by atoms with van der Waals surface area (Å²) in [5, 5.41) is 12.3. The Labute approximate surface area is 256 Å². The molecule has 0 saturated carbocycles. The molecule has 0 aliphatic carbocycles. The first-order valence-electron chi connectivity index (χ1n) is 13.0. The fourth-order valence-corrected chi connectivity index (χ4v) is 5.31. The molecule has 3 aromatic heterocycles. The molecule has 0 radical (unpaired) electrons. The fraction of sp³-hybridized carbons (Fsp3) is 0.296. The number of nitrogens with two attached hydrogens (primary N) is 1. The van der Waals surface area contributed by atoms with Crippen molar-refractivity contribution in [2.45, 2.75) is 25.7 Å².